The number of nitrogens with two attached hydrogens (primary N) is 1. The standard InChI is InChI=1S/C11H19N3O2/c1-8(12)6-11-13-10(14-16-11)7-9-2-4-15-5-3-9/h8-9H,2-7,12H2,1H3. The van der Waals surface area contributed by atoms with E-state index >= 15 is 0 Å². The van der Waals surface area contributed by atoms with Crippen LogP contribution in [-0.4, -0.2) is 29.4 Å². The van der Waals surface area contributed by atoms with E-state index in [2.05, 4.69) is 10.1 Å². The zero-order valence-corrected chi connectivity index (χ0v) is 9.69. The van der Waals surface area contributed by atoms with E-state index in [1.54, 1.807) is 0 Å². The summed E-state index contributed by atoms with van der Waals surface area (Å²) in [5.41, 5.74) is 5.67. The quantitative estimate of drug-likeness (QED) is 0.825. The number of rotatable bonds is 4. The molecule has 1 saturated heterocycles. The molecule has 1 aromatic rings. The lowest BCUT2D eigenvalue weighted by Crippen LogP contribution is -2.19. The summed E-state index contributed by atoms with van der Waals surface area (Å²) in [5.74, 6) is 2.09. The van der Waals surface area contributed by atoms with Crippen LogP contribution in [-0.2, 0) is 17.6 Å². The average Bonchev–Trinajstić information content (AvgIpc) is 2.66. The normalized spacial score (nSPS) is 19.9. The summed E-state index contributed by atoms with van der Waals surface area (Å²) in [6, 6.07) is 0.0661. The van der Waals surface area contributed by atoms with Gasteiger partial charge in [0.2, 0.25) is 5.89 Å². The van der Waals surface area contributed by atoms with Crippen molar-refractivity contribution in [1.29, 1.82) is 0 Å². The Bertz CT molecular complexity index is 319. The highest BCUT2D eigenvalue weighted by atomic mass is 16.5. The summed E-state index contributed by atoms with van der Waals surface area (Å²) in [5, 5.41) is 3.98. The van der Waals surface area contributed by atoms with E-state index in [1.165, 1.54) is 0 Å². The Morgan fingerprint density at radius 3 is 2.88 bits per heavy atom. The molecule has 1 aliphatic rings. The molecule has 1 unspecified atom stereocenters. The molecule has 0 spiro atoms. The Morgan fingerprint density at radius 1 is 1.44 bits per heavy atom. The van der Waals surface area contributed by atoms with Gasteiger partial charge in [0.15, 0.2) is 5.82 Å². The SMILES string of the molecule is CC(N)Cc1nc(CC2CCOCC2)no1. The topological polar surface area (TPSA) is 74.2 Å². The predicted molar refractivity (Wildman–Crippen MR) is 58.9 cm³/mol. The van der Waals surface area contributed by atoms with Gasteiger partial charge in [-0.05, 0) is 25.7 Å². The number of ether oxygens (including phenoxy) is 1. The molecule has 2 rings (SSSR count). The largest absolute Gasteiger partial charge is 0.381 e. The number of nitrogens with zero attached hydrogens (tertiary/aromatic N) is 2. The zero-order valence-electron chi connectivity index (χ0n) is 9.69. The molecular formula is C11H19N3O2. The van der Waals surface area contributed by atoms with Gasteiger partial charge in [0.25, 0.3) is 0 Å². The van der Waals surface area contributed by atoms with E-state index in [4.69, 9.17) is 15.0 Å². The Balaban J connectivity index is 1.86. The molecule has 1 aliphatic heterocycles. The van der Waals surface area contributed by atoms with E-state index in [9.17, 15) is 0 Å². The summed E-state index contributed by atoms with van der Waals surface area (Å²) in [4.78, 5) is 4.35. The lowest BCUT2D eigenvalue weighted by atomic mass is 9.96. The van der Waals surface area contributed by atoms with Crippen LogP contribution in [0.5, 0.6) is 0 Å². The van der Waals surface area contributed by atoms with E-state index in [1.807, 2.05) is 6.92 Å². The molecule has 1 fully saturated rings. The first-order valence-corrected chi connectivity index (χ1v) is 5.89. The second-order valence-electron chi connectivity index (χ2n) is 4.55. The fourth-order valence-corrected chi connectivity index (χ4v) is 1.94. The van der Waals surface area contributed by atoms with Gasteiger partial charge in [-0.1, -0.05) is 5.16 Å². The van der Waals surface area contributed by atoms with Gasteiger partial charge in [0.1, 0.15) is 0 Å². The summed E-state index contributed by atoms with van der Waals surface area (Å²) in [7, 11) is 0. The Morgan fingerprint density at radius 2 is 2.19 bits per heavy atom. The van der Waals surface area contributed by atoms with Gasteiger partial charge in [0.05, 0.1) is 0 Å². The fourth-order valence-electron chi connectivity index (χ4n) is 1.94. The van der Waals surface area contributed by atoms with Crippen LogP contribution < -0.4 is 5.73 Å². The lowest BCUT2D eigenvalue weighted by Gasteiger charge is -2.20. The van der Waals surface area contributed by atoms with E-state index in [-0.39, 0.29) is 6.04 Å². The number of hydrogen-bond acceptors (Lipinski definition) is 5. The van der Waals surface area contributed by atoms with Crippen molar-refractivity contribution in [3.63, 3.8) is 0 Å². The third kappa shape index (κ3) is 3.28. The maximum Gasteiger partial charge on any atom is 0.228 e. The second-order valence-corrected chi connectivity index (χ2v) is 4.55. The van der Waals surface area contributed by atoms with Crippen molar-refractivity contribution in [3.05, 3.63) is 11.7 Å². The minimum Gasteiger partial charge on any atom is -0.381 e. The van der Waals surface area contributed by atoms with E-state index in [0.717, 1.165) is 38.3 Å². The van der Waals surface area contributed by atoms with Gasteiger partial charge >= 0.3 is 0 Å². The number of aromatic nitrogens is 2. The van der Waals surface area contributed by atoms with Crippen LogP contribution in [0.15, 0.2) is 4.52 Å². The van der Waals surface area contributed by atoms with Crippen LogP contribution in [0.25, 0.3) is 0 Å². The Labute approximate surface area is 95.3 Å². The van der Waals surface area contributed by atoms with Crippen molar-refractivity contribution in [2.24, 2.45) is 11.7 Å². The van der Waals surface area contributed by atoms with Gasteiger partial charge < -0.3 is 15.0 Å². The molecule has 2 N–H and O–H groups in total. The molecule has 2 heterocycles. The minimum atomic E-state index is 0.0661. The highest BCUT2D eigenvalue weighted by Crippen LogP contribution is 2.18. The maximum atomic E-state index is 5.67. The van der Waals surface area contributed by atoms with Crippen molar-refractivity contribution >= 4 is 0 Å². The number of hydrogen-bond donors (Lipinski definition) is 1. The molecule has 0 amide bonds. The predicted octanol–water partition coefficient (Wildman–Crippen LogP) is 0.928. The summed E-state index contributed by atoms with van der Waals surface area (Å²) in [6.45, 7) is 3.65. The molecule has 5 heteroatoms. The van der Waals surface area contributed by atoms with Crippen molar-refractivity contribution < 1.29 is 9.26 Å². The van der Waals surface area contributed by atoms with Gasteiger partial charge in [-0.25, -0.2) is 0 Å². The first-order chi connectivity index (χ1) is 7.74. The molecule has 0 saturated carbocycles. The second kappa shape index (κ2) is 5.41. The summed E-state index contributed by atoms with van der Waals surface area (Å²) < 4.78 is 10.5. The molecule has 0 aliphatic carbocycles. The molecular weight excluding hydrogens is 206 g/mol. The van der Waals surface area contributed by atoms with E-state index in [0.29, 0.717) is 18.2 Å². The summed E-state index contributed by atoms with van der Waals surface area (Å²) in [6.07, 6.45) is 3.74. The highest BCUT2D eigenvalue weighted by Gasteiger charge is 2.17. The average molecular weight is 225 g/mol. The zero-order chi connectivity index (χ0) is 11.4. The summed E-state index contributed by atoms with van der Waals surface area (Å²) >= 11 is 0. The molecule has 1 aromatic heterocycles. The van der Waals surface area contributed by atoms with Crippen LogP contribution in [0, 0.1) is 5.92 Å². The van der Waals surface area contributed by atoms with Crippen LogP contribution in [0.1, 0.15) is 31.5 Å². The van der Waals surface area contributed by atoms with Crippen molar-refractivity contribution in [1.82, 2.24) is 10.1 Å². The molecule has 1 atom stereocenters. The van der Waals surface area contributed by atoms with Gasteiger partial charge in [-0.2, -0.15) is 4.98 Å². The van der Waals surface area contributed by atoms with Gasteiger partial charge in [-0.3, -0.25) is 0 Å². The van der Waals surface area contributed by atoms with Crippen LogP contribution in [0.2, 0.25) is 0 Å². The Kier molecular flexibility index (Phi) is 3.90. The van der Waals surface area contributed by atoms with Crippen molar-refractivity contribution in [2.45, 2.75) is 38.6 Å². The van der Waals surface area contributed by atoms with Crippen LogP contribution >= 0.6 is 0 Å². The maximum absolute atomic E-state index is 5.67. The first kappa shape index (κ1) is 11.5. The van der Waals surface area contributed by atoms with E-state index < -0.39 is 0 Å². The third-order valence-corrected chi connectivity index (χ3v) is 2.82. The highest BCUT2D eigenvalue weighted by molar-refractivity contribution is 4.90. The smallest absolute Gasteiger partial charge is 0.228 e. The first-order valence-electron chi connectivity index (χ1n) is 5.89. The molecule has 0 bridgehead atoms. The Hall–Kier alpha value is -0.940. The van der Waals surface area contributed by atoms with Gasteiger partial charge in [0, 0.05) is 32.1 Å². The van der Waals surface area contributed by atoms with Crippen molar-refractivity contribution in [2.75, 3.05) is 13.2 Å². The fraction of sp³-hybridized carbons (Fsp3) is 0.818. The molecule has 90 valence electrons. The van der Waals surface area contributed by atoms with Crippen LogP contribution in [0.3, 0.4) is 0 Å². The monoisotopic (exact) mass is 225 g/mol. The van der Waals surface area contributed by atoms with Crippen molar-refractivity contribution in [3.8, 4) is 0 Å². The molecule has 0 aromatic carbocycles. The molecule has 16 heavy (non-hydrogen) atoms. The molecule has 5 nitrogen and oxygen atoms in total. The third-order valence-electron chi connectivity index (χ3n) is 2.82. The molecule has 0 radical (unpaired) electrons. The lowest BCUT2D eigenvalue weighted by molar-refractivity contribution is 0.0658. The van der Waals surface area contributed by atoms with Gasteiger partial charge in [-0.15, -0.1) is 0 Å². The van der Waals surface area contributed by atoms with Crippen LogP contribution in [0.4, 0.5) is 0 Å². The minimum absolute atomic E-state index is 0.0661.